The lowest BCUT2D eigenvalue weighted by Gasteiger charge is -2.12. The Morgan fingerprint density at radius 3 is 2.50 bits per heavy atom. The third-order valence-corrected chi connectivity index (χ3v) is 4.15. The molecule has 0 heterocycles. The topological polar surface area (TPSA) is 38.3 Å². The van der Waals surface area contributed by atoms with Gasteiger partial charge in [0.25, 0.3) is 5.91 Å². The van der Waals surface area contributed by atoms with Crippen LogP contribution in [0.2, 0.25) is 20.1 Å². The number of nitrogens with one attached hydrogen (secondary N) is 1. The van der Waals surface area contributed by atoms with E-state index in [2.05, 4.69) is 5.32 Å². The zero-order valence-corrected chi connectivity index (χ0v) is 14.4. The van der Waals surface area contributed by atoms with Crippen molar-refractivity contribution in [1.29, 1.82) is 0 Å². The summed E-state index contributed by atoms with van der Waals surface area (Å²) in [5.41, 5.74) is 1.16. The molecule has 7 heteroatoms. The number of anilines is 1. The second-order valence-electron chi connectivity index (χ2n) is 4.46. The van der Waals surface area contributed by atoms with Gasteiger partial charge in [-0.25, -0.2) is 0 Å². The smallest absolute Gasteiger partial charge is 0.262 e. The van der Waals surface area contributed by atoms with E-state index in [1.165, 1.54) is 6.07 Å². The molecule has 0 aromatic heterocycles. The van der Waals surface area contributed by atoms with Gasteiger partial charge >= 0.3 is 0 Å². The van der Waals surface area contributed by atoms with Gasteiger partial charge < -0.3 is 10.1 Å². The summed E-state index contributed by atoms with van der Waals surface area (Å²) < 4.78 is 5.35. The lowest BCUT2D eigenvalue weighted by Crippen LogP contribution is -2.20. The Bertz CT molecular complexity index is 719. The Balaban J connectivity index is 2.05. The first-order valence-electron chi connectivity index (χ1n) is 6.21. The zero-order valence-electron chi connectivity index (χ0n) is 11.4. The molecule has 0 bridgehead atoms. The predicted molar refractivity (Wildman–Crippen MR) is 91.8 cm³/mol. The van der Waals surface area contributed by atoms with Crippen LogP contribution in [0.4, 0.5) is 5.69 Å². The van der Waals surface area contributed by atoms with Crippen molar-refractivity contribution >= 4 is 58.0 Å². The first-order chi connectivity index (χ1) is 10.4. The minimum absolute atomic E-state index is 0.249. The number of aryl methyl sites for hydroxylation is 1. The Kier molecular flexibility index (Phi) is 5.81. The molecule has 3 nitrogen and oxygen atoms in total. The first kappa shape index (κ1) is 17.2. The van der Waals surface area contributed by atoms with Crippen LogP contribution >= 0.6 is 46.4 Å². The van der Waals surface area contributed by atoms with Crippen molar-refractivity contribution in [3.63, 3.8) is 0 Å². The molecule has 1 N–H and O–H groups in total. The molecular formula is C15H11Cl4NO2. The van der Waals surface area contributed by atoms with Crippen molar-refractivity contribution in [2.24, 2.45) is 0 Å². The lowest BCUT2D eigenvalue weighted by atomic mass is 10.2. The third-order valence-electron chi connectivity index (χ3n) is 2.80. The van der Waals surface area contributed by atoms with E-state index in [1.807, 2.05) is 6.92 Å². The van der Waals surface area contributed by atoms with Gasteiger partial charge in [0.05, 0.1) is 20.8 Å². The molecule has 116 valence electrons. The highest BCUT2D eigenvalue weighted by Crippen LogP contribution is 2.33. The normalized spacial score (nSPS) is 10.4. The molecule has 0 fully saturated rings. The maximum atomic E-state index is 12.0. The molecule has 1 amide bonds. The van der Waals surface area contributed by atoms with E-state index >= 15 is 0 Å². The molecule has 0 atom stereocenters. The van der Waals surface area contributed by atoms with Gasteiger partial charge in [-0.15, -0.1) is 0 Å². The number of carbonyl (C=O) groups is 1. The molecule has 2 rings (SSSR count). The standard InChI is InChI=1S/C15H11Cl4NO2/c1-8-2-4-11(18)15(14(8)19)20-13(21)7-22-12-6-9(16)3-5-10(12)17/h2-6H,7H2,1H3,(H,20,21). The van der Waals surface area contributed by atoms with Crippen LogP contribution in [-0.2, 0) is 4.79 Å². The summed E-state index contributed by atoms with van der Waals surface area (Å²) in [6.07, 6.45) is 0. The van der Waals surface area contributed by atoms with Gasteiger partial charge in [-0.05, 0) is 30.7 Å². The minimum Gasteiger partial charge on any atom is -0.482 e. The number of carbonyl (C=O) groups excluding carboxylic acids is 1. The highest BCUT2D eigenvalue weighted by Gasteiger charge is 2.13. The van der Waals surface area contributed by atoms with Crippen LogP contribution in [0.15, 0.2) is 30.3 Å². The molecule has 22 heavy (non-hydrogen) atoms. The van der Waals surface area contributed by atoms with Crippen molar-refractivity contribution in [2.45, 2.75) is 6.92 Å². The minimum atomic E-state index is -0.412. The predicted octanol–water partition coefficient (Wildman–Crippen LogP) is 5.63. The summed E-state index contributed by atoms with van der Waals surface area (Å²) in [5, 5.41) is 4.19. The monoisotopic (exact) mass is 377 g/mol. The number of rotatable bonds is 4. The van der Waals surface area contributed by atoms with E-state index in [1.54, 1.807) is 24.3 Å². The summed E-state index contributed by atoms with van der Waals surface area (Å²) >= 11 is 24.0. The molecule has 0 aliphatic carbocycles. The van der Waals surface area contributed by atoms with Crippen LogP contribution in [0, 0.1) is 6.92 Å². The summed E-state index contributed by atoms with van der Waals surface area (Å²) in [7, 11) is 0. The van der Waals surface area contributed by atoms with E-state index in [4.69, 9.17) is 51.1 Å². The number of hydrogen-bond acceptors (Lipinski definition) is 2. The van der Waals surface area contributed by atoms with E-state index in [0.717, 1.165) is 5.56 Å². The maximum Gasteiger partial charge on any atom is 0.262 e. The fraction of sp³-hybridized carbons (Fsp3) is 0.133. The van der Waals surface area contributed by atoms with Crippen LogP contribution in [0.3, 0.4) is 0 Å². The van der Waals surface area contributed by atoms with Gasteiger partial charge in [0.2, 0.25) is 0 Å². The van der Waals surface area contributed by atoms with Gasteiger partial charge in [-0.1, -0.05) is 52.5 Å². The van der Waals surface area contributed by atoms with Gasteiger partial charge in [0.15, 0.2) is 6.61 Å². The van der Waals surface area contributed by atoms with Crippen molar-refractivity contribution in [2.75, 3.05) is 11.9 Å². The van der Waals surface area contributed by atoms with Crippen molar-refractivity contribution in [1.82, 2.24) is 0 Å². The fourth-order valence-electron chi connectivity index (χ4n) is 1.68. The Morgan fingerprint density at radius 1 is 1.09 bits per heavy atom. The number of halogens is 4. The van der Waals surface area contributed by atoms with E-state index in [9.17, 15) is 4.79 Å². The summed E-state index contributed by atoms with van der Waals surface area (Å²) in [6, 6.07) is 8.17. The number of ether oxygens (including phenoxy) is 1. The summed E-state index contributed by atoms with van der Waals surface area (Å²) in [6.45, 7) is 1.57. The second-order valence-corrected chi connectivity index (χ2v) is 6.09. The van der Waals surface area contributed by atoms with Crippen LogP contribution in [0.5, 0.6) is 5.75 Å². The van der Waals surface area contributed by atoms with Gasteiger partial charge in [-0.3, -0.25) is 4.79 Å². The van der Waals surface area contributed by atoms with E-state index in [-0.39, 0.29) is 6.61 Å². The van der Waals surface area contributed by atoms with Gasteiger partial charge in [0.1, 0.15) is 5.75 Å². The molecule has 0 radical (unpaired) electrons. The molecule has 0 aliphatic rings. The van der Waals surface area contributed by atoms with Crippen molar-refractivity contribution in [3.05, 3.63) is 56.0 Å². The lowest BCUT2D eigenvalue weighted by molar-refractivity contribution is -0.118. The fourth-order valence-corrected chi connectivity index (χ4v) is 2.48. The summed E-state index contributed by atoms with van der Waals surface area (Å²) in [4.78, 5) is 12.0. The number of amides is 1. The Morgan fingerprint density at radius 2 is 1.77 bits per heavy atom. The number of benzene rings is 2. The molecule has 2 aromatic carbocycles. The largest absolute Gasteiger partial charge is 0.482 e. The first-order valence-corrected chi connectivity index (χ1v) is 7.72. The number of hydrogen-bond donors (Lipinski definition) is 1. The second kappa shape index (κ2) is 7.42. The highest BCUT2D eigenvalue weighted by atomic mass is 35.5. The van der Waals surface area contributed by atoms with E-state index < -0.39 is 5.91 Å². The zero-order chi connectivity index (χ0) is 16.3. The maximum absolute atomic E-state index is 12.0. The van der Waals surface area contributed by atoms with Crippen LogP contribution in [0.25, 0.3) is 0 Å². The molecule has 2 aromatic rings. The van der Waals surface area contributed by atoms with Crippen LogP contribution in [0.1, 0.15) is 5.56 Å². The summed E-state index contributed by atoms with van der Waals surface area (Å²) in [5.74, 6) is -0.0869. The van der Waals surface area contributed by atoms with Crippen LogP contribution in [-0.4, -0.2) is 12.5 Å². The van der Waals surface area contributed by atoms with Crippen LogP contribution < -0.4 is 10.1 Å². The van der Waals surface area contributed by atoms with Crippen molar-refractivity contribution < 1.29 is 9.53 Å². The molecule has 0 aliphatic heterocycles. The third kappa shape index (κ3) is 4.20. The Labute approximate surface area is 148 Å². The average Bonchev–Trinajstić information content (AvgIpc) is 2.48. The molecule has 0 spiro atoms. The Hall–Kier alpha value is -1.13. The van der Waals surface area contributed by atoms with Crippen molar-refractivity contribution in [3.8, 4) is 5.75 Å². The van der Waals surface area contributed by atoms with Gasteiger partial charge in [0, 0.05) is 11.1 Å². The quantitative estimate of drug-likeness (QED) is 0.748. The molecule has 0 saturated heterocycles. The highest BCUT2D eigenvalue weighted by molar-refractivity contribution is 6.40. The SMILES string of the molecule is Cc1ccc(Cl)c(NC(=O)COc2cc(Cl)ccc2Cl)c1Cl. The average molecular weight is 379 g/mol. The molecular weight excluding hydrogens is 368 g/mol. The molecule has 0 unspecified atom stereocenters. The van der Waals surface area contributed by atoms with Gasteiger partial charge in [-0.2, -0.15) is 0 Å². The molecule has 0 saturated carbocycles. The van der Waals surface area contributed by atoms with E-state index in [0.29, 0.717) is 31.5 Å².